The fourth-order valence-electron chi connectivity index (χ4n) is 4.62. The average Bonchev–Trinajstić information content (AvgIpc) is 3.20. The van der Waals surface area contributed by atoms with E-state index < -0.39 is 6.10 Å². The highest BCUT2D eigenvalue weighted by Crippen LogP contribution is 2.47. The first-order valence-corrected chi connectivity index (χ1v) is 11.3. The molecule has 4 atom stereocenters. The third kappa shape index (κ3) is 5.32. The van der Waals surface area contributed by atoms with Crippen LogP contribution in [0.3, 0.4) is 0 Å². The van der Waals surface area contributed by atoms with Gasteiger partial charge in [0, 0.05) is 36.4 Å². The molecule has 1 saturated heterocycles. The summed E-state index contributed by atoms with van der Waals surface area (Å²) < 4.78 is 22.3. The van der Waals surface area contributed by atoms with Crippen molar-refractivity contribution in [2.45, 2.75) is 43.6 Å². The number of anilines is 1. The summed E-state index contributed by atoms with van der Waals surface area (Å²) in [6.07, 6.45) is -0.555. The number of carbonyl (C=O) groups excluding carboxylic acids is 2. The fraction of sp³-hybridized carbons (Fsp3) is 0.440. The van der Waals surface area contributed by atoms with Crippen LogP contribution in [0.4, 0.5) is 5.69 Å². The monoisotopic (exact) mass is 470 g/mol. The predicted octanol–water partition coefficient (Wildman–Crippen LogP) is 1.98. The first kappa shape index (κ1) is 24.0. The Balaban J connectivity index is 1.42. The van der Waals surface area contributed by atoms with Crippen LogP contribution in [0.5, 0.6) is 11.5 Å². The largest absolute Gasteiger partial charge is 0.496 e. The van der Waals surface area contributed by atoms with Crippen molar-refractivity contribution >= 4 is 17.5 Å². The summed E-state index contributed by atoms with van der Waals surface area (Å²) in [5.74, 6) is 0.955. The van der Waals surface area contributed by atoms with E-state index in [9.17, 15) is 14.7 Å². The third-order valence-electron chi connectivity index (χ3n) is 6.14. The molecule has 4 rings (SSSR count). The normalized spacial score (nSPS) is 22.8. The lowest BCUT2D eigenvalue weighted by Gasteiger charge is -2.37. The molecule has 0 aromatic heterocycles. The van der Waals surface area contributed by atoms with E-state index >= 15 is 0 Å². The smallest absolute Gasteiger partial charge is 0.250 e. The third-order valence-corrected chi connectivity index (χ3v) is 6.14. The molecule has 2 aliphatic rings. The van der Waals surface area contributed by atoms with E-state index in [1.54, 1.807) is 19.2 Å². The van der Waals surface area contributed by atoms with Crippen LogP contribution in [-0.2, 0) is 25.6 Å². The Kier molecular flexibility index (Phi) is 7.66. The van der Waals surface area contributed by atoms with Crippen LogP contribution in [0.1, 0.15) is 29.9 Å². The van der Waals surface area contributed by atoms with Gasteiger partial charge in [-0.05, 0) is 30.7 Å². The Hall–Kier alpha value is -3.14. The van der Waals surface area contributed by atoms with Gasteiger partial charge in [-0.25, -0.2) is 0 Å². The van der Waals surface area contributed by atoms with Gasteiger partial charge >= 0.3 is 0 Å². The van der Waals surface area contributed by atoms with E-state index in [4.69, 9.17) is 18.9 Å². The average molecular weight is 471 g/mol. The van der Waals surface area contributed by atoms with Crippen LogP contribution in [0.2, 0.25) is 0 Å². The molecule has 2 amide bonds. The summed E-state index contributed by atoms with van der Waals surface area (Å²) in [6, 6.07) is 13.0. The predicted molar refractivity (Wildman–Crippen MR) is 124 cm³/mol. The van der Waals surface area contributed by atoms with Crippen LogP contribution >= 0.6 is 0 Å². The molecule has 1 fully saturated rings. The molecule has 2 heterocycles. The van der Waals surface area contributed by atoms with E-state index in [1.807, 2.05) is 30.3 Å². The number of rotatable bonds is 9. The molecular weight excluding hydrogens is 440 g/mol. The van der Waals surface area contributed by atoms with Crippen molar-refractivity contribution in [1.82, 2.24) is 5.32 Å². The lowest BCUT2D eigenvalue weighted by molar-refractivity contribution is -0.142. The molecule has 3 N–H and O–H groups in total. The first-order valence-electron chi connectivity index (χ1n) is 11.3. The fourth-order valence-corrected chi connectivity index (χ4v) is 4.62. The summed E-state index contributed by atoms with van der Waals surface area (Å²) in [4.78, 5) is 24.6. The highest BCUT2D eigenvalue weighted by atomic mass is 16.6. The molecule has 0 spiro atoms. The number of hydrogen-bond acceptors (Lipinski definition) is 7. The number of para-hydroxylation sites is 1. The van der Waals surface area contributed by atoms with E-state index in [0.29, 0.717) is 30.2 Å². The van der Waals surface area contributed by atoms with Gasteiger partial charge in [-0.15, -0.1) is 0 Å². The molecule has 0 radical (unpaired) electrons. The Bertz CT molecular complexity index is 1030. The zero-order valence-electron chi connectivity index (χ0n) is 19.3. The number of ether oxygens (including phenoxy) is 4. The van der Waals surface area contributed by atoms with Crippen molar-refractivity contribution in [3.05, 3.63) is 53.6 Å². The number of amides is 2. The summed E-state index contributed by atoms with van der Waals surface area (Å²) in [5.41, 5.74) is 2.46. The molecule has 0 bridgehead atoms. The zero-order chi connectivity index (χ0) is 24.1. The van der Waals surface area contributed by atoms with Gasteiger partial charge in [-0.1, -0.05) is 18.2 Å². The quantitative estimate of drug-likeness (QED) is 0.513. The van der Waals surface area contributed by atoms with Crippen LogP contribution in [-0.4, -0.2) is 62.7 Å². The van der Waals surface area contributed by atoms with E-state index in [0.717, 1.165) is 11.1 Å². The van der Waals surface area contributed by atoms with Gasteiger partial charge in [0.05, 0.1) is 26.2 Å². The second kappa shape index (κ2) is 10.9. The minimum absolute atomic E-state index is 0.0356. The molecule has 34 heavy (non-hydrogen) atoms. The SMILES string of the molecule is COCC(=O)Nc1ccc2c(c1)[C@H]1C[C@@H](CC(=O)NCc3ccccc3OC)O[C@H](CO)[C@H]1O2. The number of aliphatic hydroxyl groups excluding tert-OH is 1. The minimum atomic E-state index is -0.551. The van der Waals surface area contributed by atoms with E-state index in [1.165, 1.54) is 7.11 Å². The summed E-state index contributed by atoms with van der Waals surface area (Å²) in [5, 5.41) is 15.6. The molecule has 2 aliphatic heterocycles. The van der Waals surface area contributed by atoms with Gasteiger partial charge < -0.3 is 34.7 Å². The Morgan fingerprint density at radius 1 is 1.15 bits per heavy atom. The molecule has 2 aromatic rings. The standard InChI is InChI=1S/C25H30N2O7/c1-31-14-24(30)27-16-7-8-21-18(9-16)19-10-17(33-22(13-28)25(19)34-21)11-23(29)26-12-15-5-3-4-6-20(15)32-2/h3-9,17,19,22,25,28H,10-14H2,1-2H3,(H,26,29)(H,27,30)/t17-,19+,22+,25-/m0/s1. The van der Waals surface area contributed by atoms with Crippen molar-refractivity contribution in [2.75, 3.05) is 32.8 Å². The maximum absolute atomic E-state index is 12.7. The summed E-state index contributed by atoms with van der Waals surface area (Å²) in [6.45, 7) is 0.0968. The molecule has 182 valence electrons. The molecule has 9 nitrogen and oxygen atoms in total. The summed E-state index contributed by atoms with van der Waals surface area (Å²) >= 11 is 0. The number of carbonyl (C=O) groups is 2. The Morgan fingerprint density at radius 2 is 1.97 bits per heavy atom. The number of methoxy groups -OCH3 is 2. The number of hydrogen-bond donors (Lipinski definition) is 3. The number of fused-ring (bicyclic) bond motifs is 3. The molecular formula is C25H30N2O7. The maximum Gasteiger partial charge on any atom is 0.250 e. The molecule has 0 aliphatic carbocycles. The maximum atomic E-state index is 12.7. The molecule has 9 heteroatoms. The van der Waals surface area contributed by atoms with Gasteiger partial charge in [0.15, 0.2) is 0 Å². The highest BCUT2D eigenvalue weighted by molar-refractivity contribution is 5.92. The van der Waals surface area contributed by atoms with Crippen LogP contribution in [0, 0.1) is 0 Å². The number of aliphatic hydroxyl groups is 1. The van der Waals surface area contributed by atoms with Gasteiger partial charge in [-0.3, -0.25) is 9.59 Å². The van der Waals surface area contributed by atoms with Crippen molar-refractivity contribution in [3.8, 4) is 11.5 Å². The second-order valence-electron chi connectivity index (χ2n) is 8.43. The zero-order valence-corrected chi connectivity index (χ0v) is 19.3. The van der Waals surface area contributed by atoms with Crippen molar-refractivity contribution < 1.29 is 33.6 Å². The molecule has 0 unspecified atom stereocenters. The van der Waals surface area contributed by atoms with Crippen LogP contribution in [0.15, 0.2) is 42.5 Å². The minimum Gasteiger partial charge on any atom is -0.496 e. The summed E-state index contributed by atoms with van der Waals surface area (Å²) in [7, 11) is 3.06. The Morgan fingerprint density at radius 3 is 2.74 bits per heavy atom. The second-order valence-corrected chi connectivity index (χ2v) is 8.43. The van der Waals surface area contributed by atoms with Crippen molar-refractivity contribution in [3.63, 3.8) is 0 Å². The van der Waals surface area contributed by atoms with E-state index in [2.05, 4.69) is 10.6 Å². The number of nitrogens with one attached hydrogen (secondary N) is 2. The van der Waals surface area contributed by atoms with Gasteiger partial charge in [0.2, 0.25) is 11.8 Å². The van der Waals surface area contributed by atoms with Gasteiger partial charge in [0.1, 0.15) is 30.3 Å². The topological polar surface area (TPSA) is 115 Å². The lowest BCUT2D eigenvalue weighted by atomic mass is 9.84. The number of benzene rings is 2. The molecule has 0 saturated carbocycles. The van der Waals surface area contributed by atoms with Crippen LogP contribution < -0.4 is 20.1 Å². The van der Waals surface area contributed by atoms with Crippen LogP contribution in [0.25, 0.3) is 0 Å². The lowest BCUT2D eigenvalue weighted by Crippen LogP contribution is -2.47. The highest BCUT2D eigenvalue weighted by Gasteiger charge is 2.46. The van der Waals surface area contributed by atoms with Crippen molar-refractivity contribution in [2.24, 2.45) is 0 Å². The van der Waals surface area contributed by atoms with E-state index in [-0.39, 0.29) is 49.6 Å². The molecule has 2 aromatic carbocycles. The van der Waals surface area contributed by atoms with Crippen molar-refractivity contribution in [1.29, 1.82) is 0 Å². The van der Waals surface area contributed by atoms with Gasteiger partial charge in [0.25, 0.3) is 0 Å². The Labute approximate surface area is 198 Å². The first-order chi connectivity index (χ1) is 16.5. The van der Waals surface area contributed by atoms with Gasteiger partial charge in [-0.2, -0.15) is 0 Å².